The Morgan fingerprint density at radius 1 is 0.970 bits per heavy atom. The summed E-state index contributed by atoms with van der Waals surface area (Å²) in [5.74, 6) is -0.381. The van der Waals surface area contributed by atoms with Crippen molar-refractivity contribution in [2.24, 2.45) is 0 Å². The molecule has 9 nitrogen and oxygen atoms in total. The second-order valence-corrected chi connectivity index (χ2v) is 8.36. The maximum Gasteiger partial charge on any atom is 0.325 e. The summed E-state index contributed by atoms with van der Waals surface area (Å²) in [6, 6.07) is 12.5. The van der Waals surface area contributed by atoms with Crippen molar-refractivity contribution in [3.8, 4) is 11.5 Å². The van der Waals surface area contributed by atoms with Crippen molar-refractivity contribution >= 4 is 22.8 Å². The van der Waals surface area contributed by atoms with Crippen LogP contribution in [0.2, 0.25) is 0 Å². The lowest BCUT2D eigenvalue weighted by Gasteiger charge is -2.37. The summed E-state index contributed by atoms with van der Waals surface area (Å²) >= 11 is 0. The number of carboxylic acids is 2. The normalized spacial score (nSPS) is 17.3. The van der Waals surface area contributed by atoms with Gasteiger partial charge in [-0.15, -0.1) is 0 Å². The summed E-state index contributed by atoms with van der Waals surface area (Å²) < 4.78 is 12.4. The number of aromatic nitrogens is 1. The molecule has 3 heterocycles. The van der Waals surface area contributed by atoms with Crippen molar-refractivity contribution in [3.05, 3.63) is 59.8 Å². The highest BCUT2D eigenvalue weighted by Crippen LogP contribution is 2.34. The van der Waals surface area contributed by atoms with Gasteiger partial charge in [-0.2, -0.15) is 0 Å². The van der Waals surface area contributed by atoms with Gasteiger partial charge < -0.3 is 24.3 Å². The number of piperazine rings is 1. The Hall–Kier alpha value is -3.56. The van der Waals surface area contributed by atoms with E-state index in [0.29, 0.717) is 18.7 Å². The van der Waals surface area contributed by atoms with Crippen molar-refractivity contribution in [2.75, 3.05) is 33.0 Å². The van der Waals surface area contributed by atoms with Gasteiger partial charge in [-0.1, -0.05) is 24.3 Å². The predicted molar refractivity (Wildman–Crippen MR) is 119 cm³/mol. The maximum absolute atomic E-state index is 12.3. The van der Waals surface area contributed by atoms with Crippen LogP contribution in [-0.2, 0) is 22.7 Å². The first-order valence-electron chi connectivity index (χ1n) is 10.9. The SMILES string of the molecule is O=C(O)Cn1cc(C(C(=O)O)N2CCN(Cc3ccc4c(c3)OCO4)CC2)c2ccccc21. The summed E-state index contributed by atoms with van der Waals surface area (Å²) in [7, 11) is 0. The zero-order valence-corrected chi connectivity index (χ0v) is 18.0. The van der Waals surface area contributed by atoms with Crippen LogP contribution in [-0.4, -0.2) is 69.5 Å². The topological polar surface area (TPSA) is 104 Å². The smallest absolute Gasteiger partial charge is 0.325 e. The average Bonchev–Trinajstić information content (AvgIpc) is 3.40. The summed E-state index contributed by atoms with van der Waals surface area (Å²) in [4.78, 5) is 27.9. The molecule has 1 aromatic heterocycles. The maximum atomic E-state index is 12.3. The number of aliphatic carboxylic acids is 2. The first-order chi connectivity index (χ1) is 16.0. The Morgan fingerprint density at radius 2 is 1.73 bits per heavy atom. The molecule has 0 bridgehead atoms. The van der Waals surface area contributed by atoms with E-state index in [4.69, 9.17) is 9.47 Å². The molecule has 2 aromatic carbocycles. The molecule has 3 aromatic rings. The first kappa shape index (κ1) is 21.3. The van der Waals surface area contributed by atoms with Gasteiger partial charge in [-0.3, -0.25) is 19.4 Å². The first-order valence-corrected chi connectivity index (χ1v) is 10.9. The fraction of sp³-hybridized carbons (Fsp3) is 0.333. The molecule has 172 valence electrons. The second-order valence-electron chi connectivity index (χ2n) is 8.36. The molecule has 0 amide bonds. The zero-order valence-electron chi connectivity index (χ0n) is 18.0. The quantitative estimate of drug-likeness (QED) is 0.564. The minimum atomic E-state index is -0.966. The molecule has 9 heteroatoms. The molecule has 1 unspecified atom stereocenters. The molecule has 5 rings (SSSR count). The Kier molecular flexibility index (Phi) is 5.65. The Bertz CT molecular complexity index is 1200. The summed E-state index contributed by atoms with van der Waals surface area (Å²) in [5, 5.41) is 20.2. The number of hydrogen-bond acceptors (Lipinski definition) is 6. The number of ether oxygens (including phenoxy) is 2. The number of fused-ring (bicyclic) bond motifs is 2. The molecule has 33 heavy (non-hydrogen) atoms. The highest BCUT2D eigenvalue weighted by molar-refractivity contribution is 5.90. The highest BCUT2D eigenvalue weighted by atomic mass is 16.7. The van der Waals surface area contributed by atoms with Gasteiger partial charge in [0.25, 0.3) is 0 Å². The molecule has 0 spiro atoms. The van der Waals surface area contributed by atoms with E-state index in [1.165, 1.54) is 0 Å². The van der Waals surface area contributed by atoms with E-state index in [1.54, 1.807) is 10.8 Å². The van der Waals surface area contributed by atoms with Crippen molar-refractivity contribution in [2.45, 2.75) is 19.1 Å². The number of benzene rings is 2. The molecule has 0 aliphatic carbocycles. The third-order valence-electron chi connectivity index (χ3n) is 6.27. The largest absolute Gasteiger partial charge is 0.480 e. The second kappa shape index (κ2) is 8.76. The van der Waals surface area contributed by atoms with Crippen LogP contribution in [0.1, 0.15) is 17.2 Å². The molecule has 2 N–H and O–H groups in total. The van der Waals surface area contributed by atoms with Crippen LogP contribution in [0, 0.1) is 0 Å². The van der Waals surface area contributed by atoms with Crippen LogP contribution < -0.4 is 9.47 Å². The third kappa shape index (κ3) is 4.24. The van der Waals surface area contributed by atoms with Gasteiger partial charge in [-0.25, -0.2) is 0 Å². The van der Waals surface area contributed by atoms with Crippen LogP contribution >= 0.6 is 0 Å². The van der Waals surface area contributed by atoms with Gasteiger partial charge in [0.15, 0.2) is 11.5 Å². The monoisotopic (exact) mass is 451 g/mol. The van der Waals surface area contributed by atoms with Crippen molar-refractivity contribution in [1.29, 1.82) is 0 Å². The number of carboxylic acid groups (broad SMARTS) is 2. The van der Waals surface area contributed by atoms with E-state index >= 15 is 0 Å². The van der Waals surface area contributed by atoms with Gasteiger partial charge in [0.2, 0.25) is 6.79 Å². The van der Waals surface area contributed by atoms with E-state index in [-0.39, 0.29) is 13.3 Å². The molecule has 2 aliphatic heterocycles. The summed E-state index contributed by atoms with van der Waals surface area (Å²) in [5.41, 5.74) is 2.48. The standard InChI is InChI=1S/C24H25N3O6/c28-22(29)14-27-13-18(17-3-1-2-4-19(17)27)23(24(30)31)26-9-7-25(8-10-26)12-16-5-6-20-21(11-16)33-15-32-20/h1-6,11,13,23H,7-10,12,14-15H2,(H,28,29)(H,30,31). The van der Waals surface area contributed by atoms with E-state index in [2.05, 4.69) is 4.90 Å². The fourth-order valence-corrected chi connectivity index (χ4v) is 4.73. The molecular weight excluding hydrogens is 426 g/mol. The number of rotatable bonds is 7. The Morgan fingerprint density at radius 3 is 2.48 bits per heavy atom. The molecule has 1 fully saturated rings. The van der Waals surface area contributed by atoms with Gasteiger partial charge >= 0.3 is 11.9 Å². The lowest BCUT2D eigenvalue weighted by atomic mass is 10.0. The molecular formula is C24H25N3O6. The highest BCUT2D eigenvalue weighted by Gasteiger charge is 2.33. The molecule has 0 saturated carbocycles. The fourth-order valence-electron chi connectivity index (χ4n) is 4.73. The predicted octanol–water partition coefficient (Wildman–Crippen LogP) is 2.40. The van der Waals surface area contributed by atoms with Crippen LogP contribution in [0.4, 0.5) is 0 Å². The van der Waals surface area contributed by atoms with Crippen LogP contribution in [0.25, 0.3) is 10.9 Å². The van der Waals surface area contributed by atoms with Crippen molar-refractivity contribution in [1.82, 2.24) is 14.4 Å². The van der Waals surface area contributed by atoms with E-state index in [0.717, 1.165) is 47.6 Å². The summed E-state index contributed by atoms with van der Waals surface area (Å²) in [6.07, 6.45) is 1.68. The third-order valence-corrected chi connectivity index (χ3v) is 6.27. The number of carbonyl (C=O) groups is 2. The van der Waals surface area contributed by atoms with Crippen LogP contribution in [0.3, 0.4) is 0 Å². The average molecular weight is 451 g/mol. The van der Waals surface area contributed by atoms with Crippen molar-refractivity contribution < 1.29 is 29.3 Å². The van der Waals surface area contributed by atoms with E-state index < -0.39 is 18.0 Å². The molecule has 0 radical (unpaired) electrons. The molecule has 1 saturated heterocycles. The van der Waals surface area contributed by atoms with Gasteiger partial charge in [0.1, 0.15) is 12.6 Å². The number of hydrogen-bond donors (Lipinski definition) is 2. The lowest BCUT2D eigenvalue weighted by Crippen LogP contribution is -2.48. The van der Waals surface area contributed by atoms with Crippen molar-refractivity contribution in [3.63, 3.8) is 0 Å². The van der Waals surface area contributed by atoms with E-state index in [1.807, 2.05) is 47.4 Å². The molecule has 1 atom stereocenters. The number of nitrogens with zero attached hydrogens (tertiary/aromatic N) is 3. The van der Waals surface area contributed by atoms with Gasteiger partial charge in [0.05, 0.1) is 0 Å². The minimum absolute atomic E-state index is 0.212. The van der Waals surface area contributed by atoms with Crippen LogP contribution in [0.5, 0.6) is 11.5 Å². The van der Waals surface area contributed by atoms with Gasteiger partial charge in [-0.05, 0) is 23.8 Å². The number of para-hydroxylation sites is 1. The summed E-state index contributed by atoms with van der Waals surface area (Å²) in [6.45, 7) is 3.44. The van der Waals surface area contributed by atoms with E-state index in [9.17, 15) is 19.8 Å². The zero-order chi connectivity index (χ0) is 22.9. The Labute approximate surface area is 190 Å². The Balaban J connectivity index is 1.32. The van der Waals surface area contributed by atoms with Gasteiger partial charge in [0, 0.05) is 55.4 Å². The minimum Gasteiger partial charge on any atom is -0.480 e. The van der Waals surface area contributed by atoms with Crippen LogP contribution in [0.15, 0.2) is 48.7 Å². The molecule has 2 aliphatic rings. The lowest BCUT2D eigenvalue weighted by molar-refractivity contribution is -0.144.